The summed E-state index contributed by atoms with van der Waals surface area (Å²) < 4.78 is 7.17. The molecule has 5 atom stereocenters. The molecular weight excluding hydrogens is 504 g/mol. The molecule has 1 aromatic heterocycles. The van der Waals surface area contributed by atoms with Crippen molar-refractivity contribution in [3.63, 3.8) is 0 Å². The molecule has 0 radical (unpaired) electrons. The molecule has 3 unspecified atom stereocenters. The highest BCUT2D eigenvalue weighted by Crippen LogP contribution is 2.47. The molecule has 4 aliphatic rings. The molecule has 1 aromatic carbocycles. The van der Waals surface area contributed by atoms with Gasteiger partial charge in [-0.3, -0.25) is 9.69 Å². The van der Waals surface area contributed by atoms with Gasteiger partial charge in [0.2, 0.25) is 5.71 Å². The average molecular weight is 549 g/mol. The number of piperidine rings is 1. The topological polar surface area (TPSA) is 86.0 Å². The van der Waals surface area contributed by atoms with Gasteiger partial charge in [0.1, 0.15) is 6.10 Å². The summed E-state index contributed by atoms with van der Waals surface area (Å²) >= 11 is 0. The number of fused-ring (bicyclic) bond motifs is 5. The number of esters is 1. The molecule has 3 heterocycles. The third kappa shape index (κ3) is 5.31. The van der Waals surface area contributed by atoms with Gasteiger partial charge in [0.05, 0.1) is 17.6 Å². The average Bonchev–Trinajstić information content (AvgIpc) is 3.08. The lowest BCUT2D eigenvalue weighted by atomic mass is 9.76. The smallest absolute Gasteiger partial charge is 0.362 e. The summed E-state index contributed by atoms with van der Waals surface area (Å²) in [6, 6.07) is 9.47. The maximum atomic E-state index is 14.2. The summed E-state index contributed by atoms with van der Waals surface area (Å²) in [5.74, 6) is 1.10. The van der Waals surface area contributed by atoms with E-state index in [2.05, 4.69) is 15.0 Å². The van der Waals surface area contributed by atoms with Gasteiger partial charge in [0.25, 0.3) is 5.56 Å². The first-order valence-electron chi connectivity index (χ1n) is 15.6. The Balaban J connectivity index is 1.34. The minimum Gasteiger partial charge on any atom is -0.461 e. The van der Waals surface area contributed by atoms with Crippen molar-refractivity contribution in [1.82, 2.24) is 14.5 Å². The van der Waals surface area contributed by atoms with E-state index in [1.165, 1.54) is 57.8 Å². The number of oxime groups is 1. The lowest BCUT2D eigenvalue weighted by Gasteiger charge is -2.48. The van der Waals surface area contributed by atoms with E-state index in [4.69, 9.17) is 9.57 Å². The van der Waals surface area contributed by atoms with Crippen LogP contribution in [0.4, 0.5) is 0 Å². The second-order valence-corrected chi connectivity index (χ2v) is 12.8. The quantitative estimate of drug-likeness (QED) is 0.254. The fourth-order valence-electron chi connectivity index (χ4n) is 8.31. The SMILES string of the molecule is CCOC(=O)/C(=N/OC(C)C)c1nc2ccccc2n(C2C[C@H]3CC[C@@H](C2)N3C2CC3CCCCC(C3)C2)c1=O. The zero-order valence-corrected chi connectivity index (χ0v) is 24.3. The molecule has 0 N–H and O–H groups in total. The summed E-state index contributed by atoms with van der Waals surface area (Å²) in [5, 5.41) is 4.07. The Kier molecular flexibility index (Phi) is 7.98. The number of hydrogen-bond donors (Lipinski definition) is 0. The van der Waals surface area contributed by atoms with Gasteiger partial charge in [-0.2, -0.15) is 0 Å². The van der Waals surface area contributed by atoms with Gasteiger partial charge in [-0.25, -0.2) is 9.78 Å². The van der Waals surface area contributed by atoms with Crippen molar-refractivity contribution in [2.45, 2.75) is 122 Å². The molecule has 8 nitrogen and oxygen atoms in total. The minimum atomic E-state index is -0.691. The predicted molar refractivity (Wildman–Crippen MR) is 155 cm³/mol. The molecule has 2 saturated carbocycles. The fraction of sp³-hybridized carbons (Fsp3) is 0.688. The van der Waals surface area contributed by atoms with Crippen molar-refractivity contribution < 1.29 is 14.4 Å². The molecule has 2 saturated heterocycles. The third-order valence-electron chi connectivity index (χ3n) is 9.75. The Morgan fingerprint density at radius 1 is 0.950 bits per heavy atom. The van der Waals surface area contributed by atoms with Gasteiger partial charge in [0, 0.05) is 24.2 Å². The van der Waals surface area contributed by atoms with Crippen molar-refractivity contribution in [1.29, 1.82) is 0 Å². The number of aromatic nitrogens is 2. The van der Waals surface area contributed by atoms with Gasteiger partial charge in [0.15, 0.2) is 5.69 Å². The maximum absolute atomic E-state index is 14.2. The first-order valence-corrected chi connectivity index (χ1v) is 15.6. The van der Waals surface area contributed by atoms with Crippen LogP contribution in [0.25, 0.3) is 11.0 Å². The van der Waals surface area contributed by atoms with Crippen molar-refractivity contribution in [3.05, 3.63) is 40.3 Å². The van der Waals surface area contributed by atoms with Crippen LogP contribution in [0.3, 0.4) is 0 Å². The number of hydrogen-bond acceptors (Lipinski definition) is 7. The third-order valence-corrected chi connectivity index (χ3v) is 9.75. The van der Waals surface area contributed by atoms with Crippen molar-refractivity contribution >= 4 is 22.7 Å². The van der Waals surface area contributed by atoms with E-state index in [0.717, 1.165) is 30.2 Å². The van der Waals surface area contributed by atoms with Crippen LogP contribution in [0.1, 0.15) is 103 Å². The molecule has 0 spiro atoms. The molecule has 216 valence electrons. The number of carbonyl (C=O) groups is 1. The van der Waals surface area contributed by atoms with Gasteiger partial charge in [-0.1, -0.05) is 43.0 Å². The van der Waals surface area contributed by atoms with Crippen LogP contribution >= 0.6 is 0 Å². The minimum absolute atomic E-state index is 0.00364. The van der Waals surface area contributed by atoms with E-state index in [1.807, 2.05) is 42.7 Å². The molecule has 6 rings (SSSR count). The lowest BCUT2D eigenvalue weighted by Crippen LogP contribution is -2.52. The van der Waals surface area contributed by atoms with Crippen LogP contribution in [0.15, 0.2) is 34.2 Å². The molecule has 2 aliphatic heterocycles. The Morgan fingerprint density at radius 2 is 1.62 bits per heavy atom. The molecule has 0 amide bonds. The van der Waals surface area contributed by atoms with E-state index in [9.17, 15) is 9.59 Å². The Hall–Kier alpha value is -2.74. The molecule has 40 heavy (non-hydrogen) atoms. The first kappa shape index (κ1) is 27.4. The molecule has 8 heteroatoms. The highest BCUT2D eigenvalue weighted by atomic mass is 16.6. The van der Waals surface area contributed by atoms with Gasteiger partial charge in [-0.05, 0) is 89.7 Å². The van der Waals surface area contributed by atoms with Crippen LogP contribution in [-0.2, 0) is 14.4 Å². The highest BCUT2D eigenvalue weighted by molar-refractivity contribution is 6.42. The van der Waals surface area contributed by atoms with Crippen molar-refractivity contribution in [2.75, 3.05) is 6.61 Å². The van der Waals surface area contributed by atoms with E-state index in [0.29, 0.717) is 23.6 Å². The largest absolute Gasteiger partial charge is 0.461 e. The van der Waals surface area contributed by atoms with Crippen LogP contribution in [0.5, 0.6) is 0 Å². The standard InChI is InChI=1S/C32H44N4O4/c1-4-39-32(38)30(34-40-20(2)3)29-31(37)36(28-12-8-7-11-27(28)33-29)26-18-23-13-14-24(19-26)35(23)25-16-21-9-5-6-10-22(15-21)17-25/h7-8,11-12,20-26H,4-6,9-10,13-19H2,1-3H3/b34-30+/t21?,22?,23-,24+,25?,26?. The predicted octanol–water partition coefficient (Wildman–Crippen LogP) is 5.62. The zero-order chi connectivity index (χ0) is 27.8. The number of para-hydroxylation sites is 2. The Labute approximate surface area is 237 Å². The summed E-state index contributed by atoms with van der Waals surface area (Å²) in [6.45, 7) is 5.55. The second-order valence-electron chi connectivity index (χ2n) is 12.8. The Bertz CT molecular complexity index is 1290. The van der Waals surface area contributed by atoms with Crippen LogP contribution in [0.2, 0.25) is 0 Å². The summed E-state index contributed by atoms with van der Waals surface area (Å²) in [6.07, 6.45) is 13.8. The number of rotatable bonds is 7. The van der Waals surface area contributed by atoms with Gasteiger partial charge in [-0.15, -0.1) is 0 Å². The van der Waals surface area contributed by atoms with Gasteiger partial charge < -0.3 is 14.1 Å². The van der Waals surface area contributed by atoms with Crippen LogP contribution in [-0.4, -0.2) is 57.0 Å². The zero-order valence-electron chi connectivity index (χ0n) is 24.3. The van der Waals surface area contributed by atoms with Crippen LogP contribution in [0, 0.1) is 11.8 Å². The lowest BCUT2D eigenvalue weighted by molar-refractivity contribution is -0.135. The highest BCUT2D eigenvalue weighted by Gasteiger charge is 2.47. The summed E-state index contributed by atoms with van der Waals surface area (Å²) in [5.41, 5.74) is 1.03. The van der Waals surface area contributed by atoms with Crippen LogP contribution < -0.4 is 5.56 Å². The first-order chi connectivity index (χ1) is 19.4. The number of carbonyl (C=O) groups excluding carboxylic acids is 1. The molecule has 4 bridgehead atoms. The molecule has 2 aromatic rings. The van der Waals surface area contributed by atoms with Crippen molar-refractivity contribution in [2.24, 2.45) is 17.0 Å². The number of nitrogens with zero attached hydrogens (tertiary/aromatic N) is 4. The number of ether oxygens (including phenoxy) is 1. The summed E-state index contributed by atoms with van der Waals surface area (Å²) in [4.78, 5) is 40.1. The summed E-state index contributed by atoms with van der Waals surface area (Å²) in [7, 11) is 0. The van der Waals surface area contributed by atoms with E-state index < -0.39 is 5.97 Å². The van der Waals surface area contributed by atoms with E-state index in [-0.39, 0.29) is 35.7 Å². The Morgan fingerprint density at radius 3 is 2.27 bits per heavy atom. The normalized spacial score (nSPS) is 30.9. The molecule has 4 fully saturated rings. The van der Waals surface area contributed by atoms with Gasteiger partial charge >= 0.3 is 5.97 Å². The maximum Gasteiger partial charge on any atom is 0.362 e. The fourth-order valence-corrected chi connectivity index (χ4v) is 8.31. The van der Waals surface area contributed by atoms with E-state index in [1.54, 1.807) is 6.92 Å². The van der Waals surface area contributed by atoms with E-state index >= 15 is 0 Å². The molecular formula is C32H44N4O4. The second kappa shape index (κ2) is 11.6. The van der Waals surface area contributed by atoms with Crippen molar-refractivity contribution in [3.8, 4) is 0 Å². The monoisotopic (exact) mass is 548 g/mol. The number of benzene rings is 1. The molecule has 2 aliphatic carbocycles.